The fourth-order valence-electron chi connectivity index (χ4n) is 3.61. The van der Waals surface area contributed by atoms with Crippen molar-refractivity contribution in [3.8, 4) is 0 Å². The molecule has 11 heteroatoms. The maximum absolute atomic E-state index is 13.5. The molecule has 0 radical (unpaired) electrons. The third-order valence-corrected chi connectivity index (χ3v) is 5.37. The van der Waals surface area contributed by atoms with Crippen LogP contribution in [0.2, 0.25) is 5.02 Å². The predicted molar refractivity (Wildman–Crippen MR) is 110 cm³/mol. The number of halogens is 2. The Morgan fingerprint density at radius 3 is 3.00 bits per heavy atom. The van der Waals surface area contributed by atoms with E-state index in [1.54, 1.807) is 10.6 Å². The summed E-state index contributed by atoms with van der Waals surface area (Å²) in [4.78, 5) is 17.6. The number of nitrogens with two attached hydrogens (primary N) is 2. The summed E-state index contributed by atoms with van der Waals surface area (Å²) in [6.07, 6.45) is 2.66. The number of nitrogens with one attached hydrogen (secondary N) is 1. The third-order valence-electron chi connectivity index (χ3n) is 5.08. The third kappa shape index (κ3) is 4.30. The lowest BCUT2D eigenvalue weighted by Gasteiger charge is -2.35. The highest BCUT2D eigenvalue weighted by molar-refractivity contribution is 6.31. The van der Waals surface area contributed by atoms with Crippen LogP contribution in [0.25, 0.3) is 5.52 Å². The maximum atomic E-state index is 13.5. The van der Waals surface area contributed by atoms with E-state index in [4.69, 9.17) is 27.8 Å². The van der Waals surface area contributed by atoms with Crippen molar-refractivity contribution in [2.75, 3.05) is 18.4 Å². The van der Waals surface area contributed by atoms with Gasteiger partial charge >= 0.3 is 6.09 Å². The average molecular weight is 434 g/mol. The number of nitrogens with zero attached hydrogens (tertiary/aromatic N) is 4. The minimum atomic E-state index is -0.829. The molecule has 4 rings (SSSR count). The number of hydrogen-bond acceptors (Lipinski definition) is 7. The van der Waals surface area contributed by atoms with Gasteiger partial charge in [0.05, 0.1) is 5.02 Å². The molecule has 0 saturated carbocycles. The first-order valence-electron chi connectivity index (χ1n) is 9.38. The standard InChI is InChI=1S/C19H21ClFN7O2/c20-13-7-12(1-2-14(13)21)26-18-17-11(3-6-28(17)25-10-24-18)8-27-5-4-15(22)16(9-27)30-19(23)29/h1-3,6-7,10,15-16H,4-5,8-9,22H2,(H2,23,29)(H,24,25,26)/t15-,16+/m1/s1. The SMILES string of the molecule is NC(=O)O[C@H]1CN(Cc2ccn3ncnc(Nc4ccc(F)c(Cl)c4)c23)CC[C@H]1N. The van der Waals surface area contributed by atoms with E-state index in [1.807, 2.05) is 12.3 Å². The van der Waals surface area contributed by atoms with E-state index in [0.717, 1.165) is 17.6 Å². The molecule has 1 aliphatic heterocycles. The molecule has 2 aromatic heterocycles. The zero-order valence-corrected chi connectivity index (χ0v) is 16.7. The minimum absolute atomic E-state index is 0.0193. The Hall–Kier alpha value is -2.95. The molecule has 9 nitrogen and oxygen atoms in total. The topological polar surface area (TPSA) is 124 Å². The van der Waals surface area contributed by atoms with E-state index in [9.17, 15) is 9.18 Å². The first-order chi connectivity index (χ1) is 14.4. The Kier molecular flexibility index (Phi) is 5.71. The molecule has 0 aliphatic carbocycles. The van der Waals surface area contributed by atoms with Crippen LogP contribution in [0.1, 0.15) is 12.0 Å². The summed E-state index contributed by atoms with van der Waals surface area (Å²) < 4.78 is 20.3. The van der Waals surface area contributed by atoms with Crippen molar-refractivity contribution in [2.45, 2.75) is 25.1 Å². The number of fused-ring (bicyclic) bond motifs is 1. The highest BCUT2D eigenvalue weighted by Crippen LogP contribution is 2.27. The molecular formula is C19H21ClFN7O2. The molecule has 0 bridgehead atoms. The van der Waals surface area contributed by atoms with Gasteiger partial charge in [0.1, 0.15) is 23.8 Å². The smallest absolute Gasteiger partial charge is 0.404 e. The Labute approximate surface area is 176 Å². The zero-order valence-electron chi connectivity index (χ0n) is 16.0. The Morgan fingerprint density at radius 1 is 1.40 bits per heavy atom. The van der Waals surface area contributed by atoms with E-state index in [0.29, 0.717) is 31.0 Å². The van der Waals surface area contributed by atoms with E-state index in [2.05, 4.69) is 20.3 Å². The monoisotopic (exact) mass is 433 g/mol. The van der Waals surface area contributed by atoms with Gasteiger partial charge in [-0.05, 0) is 36.2 Å². The molecule has 158 valence electrons. The Bertz CT molecular complexity index is 1080. The lowest BCUT2D eigenvalue weighted by molar-refractivity contribution is 0.0313. The number of amides is 1. The van der Waals surface area contributed by atoms with Gasteiger partial charge in [0.15, 0.2) is 5.82 Å². The highest BCUT2D eigenvalue weighted by Gasteiger charge is 2.29. The van der Waals surface area contributed by atoms with Gasteiger partial charge in [0.25, 0.3) is 0 Å². The van der Waals surface area contributed by atoms with Crippen LogP contribution in [0.3, 0.4) is 0 Å². The lowest BCUT2D eigenvalue weighted by Crippen LogP contribution is -2.52. The molecule has 5 N–H and O–H groups in total. The van der Waals surface area contributed by atoms with E-state index in [-0.39, 0.29) is 11.1 Å². The van der Waals surface area contributed by atoms with Crippen LogP contribution in [-0.2, 0) is 11.3 Å². The number of piperidine rings is 1. The fourth-order valence-corrected chi connectivity index (χ4v) is 3.79. The molecule has 1 saturated heterocycles. The van der Waals surface area contributed by atoms with E-state index >= 15 is 0 Å². The van der Waals surface area contributed by atoms with Crippen LogP contribution < -0.4 is 16.8 Å². The second-order valence-electron chi connectivity index (χ2n) is 7.16. The van der Waals surface area contributed by atoms with Gasteiger partial charge in [-0.25, -0.2) is 18.7 Å². The van der Waals surface area contributed by atoms with Crippen molar-refractivity contribution in [3.05, 3.63) is 53.2 Å². The molecule has 0 unspecified atom stereocenters. The summed E-state index contributed by atoms with van der Waals surface area (Å²) in [7, 11) is 0. The normalized spacial score (nSPS) is 19.7. The van der Waals surface area contributed by atoms with Gasteiger partial charge in [-0.2, -0.15) is 5.10 Å². The van der Waals surface area contributed by atoms with Crippen LogP contribution in [0.15, 0.2) is 36.8 Å². The van der Waals surface area contributed by atoms with Crippen LogP contribution in [0, 0.1) is 5.82 Å². The fraction of sp³-hybridized carbons (Fsp3) is 0.316. The molecule has 3 aromatic rings. The number of benzene rings is 1. The number of ether oxygens (including phenoxy) is 1. The van der Waals surface area contributed by atoms with Gasteiger partial charge in [0.2, 0.25) is 0 Å². The van der Waals surface area contributed by atoms with Gasteiger partial charge < -0.3 is 21.5 Å². The number of primary amides is 1. The van der Waals surface area contributed by atoms with Crippen LogP contribution in [-0.4, -0.2) is 50.8 Å². The molecule has 0 spiro atoms. The molecule has 1 aliphatic rings. The molecular weight excluding hydrogens is 413 g/mol. The summed E-state index contributed by atoms with van der Waals surface area (Å²) in [5, 5.41) is 7.44. The van der Waals surface area contributed by atoms with Crippen molar-refractivity contribution < 1.29 is 13.9 Å². The molecule has 1 aromatic carbocycles. The summed E-state index contributed by atoms with van der Waals surface area (Å²) in [5.74, 6) is 0.0702. The zero-order chi connectivity index (χ0) is 21.3. The number of hydrogen-bond donors (Lipinski definition) is 3. The van der Waals surface area contributed by atoms with Crippen LogP contribution in [0.5, 0.6) is 0 Å². The minimum Gasteiger partial charge on any atom is -0.443 e. The van der Waals surface area contributed by atoms with E-state index < -0.39 is 18.0 Å². The highest BCUT2D eigenvalue weighted by atomic mass is 35.5. The maximum Gasteiger partial charge on any atom is 0.404 e. The first kappa shape index (κ1) is 20.3. The molecule has 1 fully saturated rings. The number of carbonyl (C=O) groups is 1. The largest absolute Gasteiger partial charge is 0.443 e. The summed E-state index contributed by atoms with van der Waals surface area (Å²) >= 11 is 5.88. The summed E-state index contributed by atoms with van der Waals surface area (Å²) in [6.45, 7) is 1.81. The van der Waals surface area contributed by atoms with Crippen molar-refractivity contribution >= 4 is 34.7 Å². The number of rotatable bonds is 5. The molecule has 3 heterocycles. The first-order valence-corrected chi connectivity index (χ1v) is 9.76. The number of anilines is 2. The van der Waals surface area contributed by atoms with Crippen molar-refractivity contribution in [1.82, 2.24) is 19.5 Å². The van der Waals surface area contributed by atoms with Crippen LogP contribution >= 0.6 is 11.6 Å². The second-order valence-corrected chi connectivity index (χ2v) is 7.57. The van der Waals surface area contributed by atoms with Gasteiger partial charge in [-0.3, -0.25) is 4.90 Å². The number of carbonyl (C=O) groups excluding carboxylic acids is 1. The number of aromatic nitrogens is 3. The Morgan fingerprint density at radius 2 is 2.23 bits per heavy atom. The second kappa shape index (κ2) is 8.42. The van der Waals surface area contributed by atoms with Crippen molar-refractivity contribution in [2.24, 2.45) is 11.5 Å². The Balaban J connectivity index is 1.58. The quantitative estimate of drug-likeness (QED) is 0.563. The molecule has 2 atom stereocenters. The summed E-state index contributed by atoms with van der Waals surface area (Å²) in [5.41, 5.74) is 13.6. The van der Waals surface area contributed by atoms with Gasteiger partial charge in [0, 0.05) is 37.6 Å². The van der Waals surface area contributed by atoms with E-state index in [1.165, 1.54) is 18.5 Å². The molecule has 30 heavy (non-hydrogen) atoms. The van der Waals surface area contributed by atoms with Crippen LogP contribution in [0.4, 0.5) is 20.7 Å². The lowest BCUT2D eigenvalue weighted by atomic mass is 10.0. The average Bonchev–Trinajstić information content (AvgIpc) is 3.11. The summed E-state index contributed by atoms with van der Waals surface area (Å²) in [6, 6.07) is 6.07. The van der Waals surface area contributed by atoms with Crippen molar-refractivity contribution in [3.63, 3.8) is 0 Å². The van der Waals surface area contributed by atoms with Gasteiger partial charge in [-0.1, -0.05) is 11.6 Å². The van der Waals surface area contributed by atoms with Crippen molar-refractivity contribution in [1.29, 1.82) is 0 Å². The number of likely N-dealkylation sites (tertiary alicyclic amines) is 1. The predicted octanol–water partition coefficient (Wildman–Crippen LogP) is 2.26. The van der Waals surface area contributed by atoms with Gasteiger partial charge in [-0.15, -0.1) is 0 Å². The molecule has 1 amide bonds.